The number of benzene rings is 1. The molecule has 1 amide bonds. The molecule has 0 radical (unpaired) electrons. The minimum Gasteiger partial charge on any atom is -0.398 e. The second-order valence-corrected chi connectivity index (χ2v) is 10.3. The van der Waals surface area contributed by atoms with Crippen molar-refractivity contribution in [3.8, 4) is 0 Å². The van der Waals surface area contributed by atoms with E-state index in [1.807, 2.05) is 23.1 Å². The average Bonchev–Trinajstić information content (AvgIpc) is 3.15. The molecule has 7 nitrogen and oxygen atoms in total. The van der Waals surface area contributed by atoms with Crippen molar-refractivity contribution in [3.05, 3.63) is 35.0 Å². The van der Waals surface area contributed by atoms with Gasteiger partial charge in [-0.2, -0.15) is 0 Å². The highest BCUT2D eigenvalue weighted by Crippen LogP contribution is 2.41. The zero-order chi connectivity index (χ0) is 22.4. The van der Waals surface area contributed by atoms with Gasteiger partial charge in [0.25, 0.3) is 0 Å². The molecule has 0 saturated carbocycles. The fourth-order valence-electron chi connectivity index (χ4n) is 4.82. The molecule has 2 aliphatic rings. The summed E-state index contributed by atoms with van der Waals surface area (Å²) < 4.78 is 5.61. The highest BCUT2D eigenvalue weighted by atomic mass is 32.1. The van der Waals surface area contributed by atoms with Gasteiger partial charge < -0.3 is 20.7 Å². The van der Waals surface area contributed by atoms with Gasteiger partial charge in [-0.25, -0.2) is 9.97 Å². The van der Waals surface area contributed by atoms with Gasteiger partial charge in [0.15, 0.2) is 0 Å². The number of nitrogens with zero attached hydrogens (tertiary/aromatic N) is 3. The molecule has 1 aliphatic carbocycles. The summed E-state index contributed by atoms with van der Waals surface area (Å²) in [4.78, 5) is 27.4. The molecule has 0 unspecified atom stereocenters. The third-order valence-corrected chi connectivity index (χ3v) is 7.96. The number of nitrogens with one attached hydrogen (secondary N) is 1. The number of ether oxygens (including phenoxy) is 1. The first kappa shape index (κ1) is 21.5. The summed E-state index contributed by atoms with van der Waals surface area (Å²) in [6, 6.07) is 5.88. The number of nitrogen functional groups attached to an aromatic ring is 1. The first-order chi connectivity index (χ1) is 15.4. The van der Waals surface area contributed by atoms with Crippen molar-refractivity contribution < 1.29 is 9.53 Å². The molecular weight excluding hydrogens is 442 g/mol. The quantitative estimate of drug-likeness (QED) is 0.396. The van der Waals surface area contributed by atoms with Crippen molar-refractivity contribution in [1.82, 2.24) is 14.9 Å². The van der Waals surface area contributed by atoms with Gasteiger partial charge in [0, 0.05) is 27.1 Å². The number of carbonyl (C=O) groups is 1. The summed E-state index contributed by atoms with van der Waals surface area (Å²) in [7, 11) is 0. The van der Waals surface area contributed by atoms with Gasteiger partial charge in [0.2, 0.25) is 5.91 Å². The lowest BCUT2D eigenvalue weighted by atomic mass is 9.86. The largest absolute Gasteiger partial charge is 0.398 e. The standard InChI is InChI=1S/C23H27N5O2S2/c1-12-9-30-10-13(2)28(12)23(29)14-3-5-16-19(7-14)32-22-20(16)21(25-11-26-22)27-15-4-6-17(24)18(31)8-15/h4,6,8,11-14,31H,3,5,7,9-10,24H2,1-2H3,(H,25,26,27)/t12-,13-,14+/m1/s1. The Kier molecular flexibility index (Phi) is 5.73. The molecule has 1 aromatic carbocycles. The maximum Gasteiger partial charge on any atom is 0.226 e. The van der Waals surface area contributed by atoms with Gasteiger partial charge in [0.05, 0.1) is 30.7 Å². The number of aromatic nitrogens is 2. The van der Waals surface area contributed by atoms with Gasteiger partial charge in [0.1, 0.15) is 17.0 Å². The SMILES string of the molecule is C[C@@H]1COC[C@@H](C)N1C(=O)[C@H]1CCc2c(sc3ncnc(Nc4ccc(N)c(S)c4)c23)C1. The minimum atomic E-state index is 0.00627. The number of amides is 1. The van der Waals surface area contributed by atoms with Crippen molar-refractivity contribution in [2.24, 2.45) is 5.92 Å². The number of hydrogen-bond donors (Lipinski definition) is 3. The Labute approximate surface area is 196 Å². The van der Waals surface area contributed by atoms with E-state index >= 15 is 0 Å². The van der Waals surface area contributed by atoms with Crippen LogP contribution < -0.4 is 11.1 Å². The monoisotopic (exact) mass is 469 g/mol. The van der Waals surface area contributed by atoms with Crippen molar-refractivity contribution >= 4 is 57.3 Å². The van der Waals surface area contributed by atoms with Gasteiger partial charge in [-0.15, -0.1) is 24.0 Å². The van der Waals surface area contributed by atoms with Crippen LogP contribution >= 0.6 is 24.0 Å². The Morgan fingerprint density at radius 3 is 2.81 bits per heavy atom. The fraction of sp³-hybridized carbons (Fsp3) is 0.435. The number of morpholine rings is 1. The van der Waals surface area contributed by atoms with Crippen LogP contribution in [0.15, 0.2) is 29.4 Å². The Hall–Kier alpha value is -2.36. The lowest BCUT2D eigenvalue weighted by Gasteiger charge is -2.41. The van der Waals surface area contributed by atoms with Crippen LogP contribution in [0.4, 0.5) is 17.2 Å². The van der Waals surface area contributed by atoms with Gasteiger partial charge >= 0.3 is 0 Å². The minimum absolute atomic E-state index is 0.00627. The van der Waals surface area contributed by atoms with Crippen LogP contribution in [-0.2, 0) is 22.4 Å². The molecule has 1 aliphatic heterocycles. The molecule has 9 heteroatoms. The van der Waals surface area contributed by atoms with Crippen LogP contribution in [0.5, 0.6) is 0 Å². The van der Waals surface area contributed by atoms with Crippen LogP contribution in [-0.4, -0.2) is 46.1 Å². The first-order valence-electron chi connectivity index (χ1n) is 10.9. The molecular formula is C23H27N5O2S2. The molecule has 168 valence electrons. The lowest BCUT2D eigenvalue weighted by molar-refractivity contribution is -0.149. The summed E-state index contributed by atoms with van der Waals surface area (Å²) in [6.07, 6.45) is 4.03. The average molecular weight is 470 g/mol. The molecule has 3 N–H and O–H groups in total. The number of nitrogens with two attached hydrogens (primary N) is 1. The Bertz CT molecular complexity index is 1170. The number of hydrogen-bond acceptors (Lipinski definition) is 8. The van der Waals surface area contributed by atoms with Crippen LogP contribution in [0, 0.1) is 5.92 Å². The maximum absolute atomic E-state index is 13.4. The third-order valence-electron chi connectivity index (χ3n) is 6.41. The summed E-state index contributed by atoms with van der Waals surface area (Å²) in [5.41, 5.74) is 8.67. The molecule has 0 bridgehead atoms. The number of anilines is 3. The van der Waals surface area contributed by atoms with Gasteiger partial charge in [-0.3, -0.25) is 4.79 Å². The predicted octanol–water partition coefficient (Wildman–Crippen LogP) is 4.05. The van der Waals surface area contributed by atoms with Crippen LogP contribution in [0.25, 0.3) is 10.2 Å². The van der Waals surface area contributed by atoms with E-state index in [-0.39, 0.29) is 23.9 Å². The molecule has 1 saturated heterocycles. The lowest BCUT2D eigenvalue weighted by Crippen LogP contribution is -2.54. The smallest absolute Gasteiger partial charge is 0.226 e. The van der Waals surface area contributed by atoms with E-state index in [1.165, 1.54) is 10.4 Å². The van der Waals surface area contributed by atoms with Crippen molar-refractivity contribution in [2.75, 3.05) is 24.3 Å². The predicted molar refractivity (Wildman–Crippen MR) is 131 cm³/mol. The number of aryl methyl sites for hydroxylation is 1. The normalized spacial score (nSPS) is 23.2. The summed E-state index contributed by atoms with van der Waals surface area (Å²) in [6.45, 7) is 5.37. The van der Waals surface area contributed by atoms with Crippen molar-refractivity contribution in [1.29, 1.82) is 0 Å². The van der Waals surface area contributed by atoms with Crippen LogP contribution in [0.1, 0.15) is 30.7 Å². The highest BCUT2D eigenvalue weighted by molar-refractivity contribution is 7.80. The second kappa shape index (κ2) is 8.53. The van der Waals surface area contributed by atoms with Crippen LogP contribution in [0.2, 0.25) is 0 Å². The summed E-state index contributed by atoms with van der Waals surface area (Å²) >= 11 is 6.10. The molecule has 3 heterocycles. The van der Waals surface area contributed by atoms with E-state index in [0.717, 1.165) is 45.9 Å². The Morgan fingerprint density at radius 1 is 1.28 bits per heavy atom. The Balaban J connectivity index is 1.43. The molecule has 32 heavy (non-hydrogen) atoms. The van der Waals surface area contributed by atoms with Crippen molar-refractivity contribution in [3.63, 3.8) is 0 Å². The second-order valence-electron chi connectivity index (χ2n) is 8.73. The zero-order valence-electron chi connectivity index (χ0n) is 18.2. The number of thiol groups is 1. The van der Waals surface area contributed by atoms with E-state index in [4.69, 9.17) is 10.5 Å². The molecule has 3 aromatic rings. The molecule has 3 atom stereocenters. The zero-order valence-corrected chi connectivity index (χ0v) is 19.9. The molecule has 2 aromatic heterocycles. The highest BCUT2D eigenvalue weighted by Gasteiger charge is 2.36. The van der Waals surface area contributed by atoms with E-state index in [9.17, 15) is 4.79 Å². The summed E-state index contributed by atoms with van der Waals surface area (Å²) in [5, 5.41) is 4.47. The van der Waals surface area contributed by atoms with E-state index in [0.29, 0.717) is 18.9 Å². The van der Waals surface area contributed by atoms with Crippen molar-refractivity contribution in [2.45, 2.75) is 50.1 Å². The number of carbonyl (C=O) groups excluding carboxylic acids is 1. The molecule has 1 fully saturated rings. The van der Waals surface area contributed by atoms with Gasteiger partial charge in [-0.1, -0.05) is 0 Å². The first-order valence-corrected chi connectivity index (χ1v) is 12.2. The Morgan fingerprint density at radius 2 is 2.06 bits per heavy atom. The van der Waals surface area contributed by atoms with E-state index in [2.05, 4.69) is 41.8 Å². The topological polar surface area (TPSA) is 93.4 Å². The number of fused-ring (bicyclic) bond motifs is 3. The third kappa shape index (κ3) is 3.82. The molecule has 5 rings (SSSR count). The van der Waals surface area contributed by atoms with E-state index in [1.54, 1.807) is 17.7 Å². The van der Waals surface area contributed by atoms with E-state index < -0.39 is 0 Å². The number of rotatable bonds is 3. The summed E-state index contributed by atoms with van der Waals surface area (Å²) in [5.74, 6) is 1.04. The van der Waals surface area contributed by atoms with Gasteiger partial charge in [-0.05, 0) is 56.9 Å². The maximum atomic E-state index is 13.4. The fourth-order valence-corrected chi connectivity index (χ4v) is 6.30. The van der Waals surface area contributed by atoms with Crippen LogP contribution in [0.3, 0.4) is 0 Å². The molecule has 0 spiro atoms. The number of thiophene rings is 1.